The largest absolute Gasteiger partial charge is 0.397 e. The van der Waals surface area contributed by atoms with Crippen molar-refractivity contribution in [3.05, 3.63) is 27.7 Å². The number of benzene rings is 1. The molecular weight excluding hydrogens is 283 g/mol. The Morgan fingerprint density at radius 2 is 2.05 bits per heavy atom. The molecule has 0 aliphatic carbocycles. The molecule has 1 fully saturated rings. The maximum absolute atomic E-state index is 12.5. The van der Waals surface area contributed by atoms with Crippen molar-refractivity contribution in [2.24, 2.45) is 5.92 Å². The van der Waals surface area contributed by atoms with Crippen molar-refractivity contribution in [3.8, 4) is 0 Å². The van der Waals surface area contributed by atoms with Crippen molar-refractivity contribution in [2.75, 3.05) is 12.3 Å². The number of nitrogen functional groups attached to an aromatic ring is 1. The van der Waals surface area contributed by atoms with E-state index in [1.165, 1.54) is 0 Å². The highest BCUT2D eigenvalue weighted by Crippen LogP contribution is 2.31. The van der Waals surface area contributed by atoms with Crippen molar-refractivity contribution in [1.82, 2.24) is 4.90 Å². The minimum atomic E-state index is -0.0235. The monoisotopic (exact) mass is 300 g/mol. The Labute approximate surface area is 123 Å². The average Bonchev–Trinajstić information content (AvgIpc) is 2.34. The first-order valence-corrected chi connectivity index (χ1v) is 7.21. The van der Waals surface area contributed by atoms with E-state index >= 15 is 0 Å². The summed E-state index contributed by atoms with van der Waals surface area (Å²) in [5, 5.41) is 0.626. The Balaban J connectivity index is 2.25. The number of halogens is 2. The summed E-state index contributed by atoms with van der Waals surface area (Å²) in [4.78, 5) is 14.4. The number of nitrogens with zero attached hydrogens (tertiary/aromatic N) is 1. The molecule has 0 spiro atoms. The summed E-state index contributed by atoms with van der Waals surface area (Å²) in [5.41, 5.74) is 6.61. The molecule has 0 saturated carbocycles. The molecule has 1 amide bonds. The summed E-state index contributed by atoms with van der Waals surface area (Å²) in [5.74, 6) is 0.641. The molecule has 0 bridgehead atoms. The molecule has 104 valence electrons. The van der Waals surface area contributed by atoms with Gasteiger partial charge in [-0.05, 0) is 37.8 Å². The molecule has 2 atom stereocenters. The van der Waals surface area contributed by atoms with E-state index in [0.29, 0.717) is 27.2 Å². The molecule has 1 aromatic rings. The van der Waals surface area contributed by atoms with E-state index in [1.54, 1.807) is 12.1 Å². The third-order valence-corrected chi connectivity index (χ3v) is 4.52. The van der Waals surface area contributed by atoms with Gasteiger partial charge >= 0.3 is 0 Å². The van der Waals surface area contributed by atoms with Crippen LogP contribution in [0.1, 0.15) is 37.0 Å². The molecule has 0 radical (unpaired) electrons. The summed E-state index contributed by atoms with van der Waals surface area (Å²) in [6, 6.07) is 3.43. The standard InChI is InChI=1S/C14H18Cl2N2O/c1-8-3-4-18(9(2)5-8)14(19)10-6-11(15)13(16)12(17)7-10/h6-9H,3-5,17H2,1-2H3. The number of carbonyl (C=O) groups excluding carboxylic acids is 1. The SMILES string of the molecule is CC1CCN(C(=O)c2cc(N)c(Cl)c(Cl)c2)C(C)C1. The van der Waals surface area contributed by atoms with E-state index in [0.717, 1.165) is 19.4 Å². The van der Waals surface area contributed by atoms with Crippen LogP contribution in [0, 0.1) is 5.92 Å². The van der Waals surface area contributed by atoms with Gasteiger partial charge in [0.1, 0.15) is 0 Å². The molecule has 5 heteroatoms. The number of rotatable bonds is 1. The number of piperidine rings is 1. The predicted octanol–water partition coefficient (Wildman–Crippen LogP) is 3.84. The Kier molecular flexibility index (Phi) is 4.26. The van der Waals surface area contributed by atoms with Gasteiger partial charge in [0.25, 0.3) is 5.91 Å². The topological polar surface area (TPSA) is 46.3 Å². The maximum Gasteiger partial charge on any atom is 0.254 e. The molecule has 1 saturated heterocycles. The van der Waals surface area contributed by atoms with Crippen molar-refractivity contribution in [2.45, 2.75) is 32.7 Å². The zero-order chi connectivity index (χ0) is 14.2. The highest BCUT2D eigenvalue weighted by molar-refractivity contribution is 6.43. The smallest absolute Gasteiger partial charge is 0.254 e. The second-order valence-corrected chi connectivity index (χ2v) is 6.12. The van der Waals surface area contributed by atoms with Crippen LogP contribution in [0.4, 0.5) is 5.69 Å². The van der Waals surface area contributed by atoms with E-state index in [9.17, 15) is 4.79 Å². The van der Waals surface area contributed by atoms with Gasteiger partial charge in [-0.2, -0.15) is 0 Å². The Morgan fingerprint density at radius 1 is 1.37 bits per heavy atom. The van der Waals surface area contributed by atoms with Gasteiger partial charge in [-0.1, -0.05) is 30.1 Å². The third-order valence-electron chi connectivity index (χ3n) is 3.70. The fourth-order valence-corrected chi connectivity index (χ4v) is 2.94. The Hall–Kier alpha value is -0.930. The number of likely N-dealkylation sites (tertiary alicyclic amines) is 1. The lowest BCUT2D eigenvalue weighted by atomic mass is 9.93. The highest BCUT2D eigenvalue weighted by atomic mass is 35.5. The van der Waals surface area contributed by atoms with Crippen molar-refractivity contribution in [3.63, 3.8) is 0 Å². The summed E-state index contributed by atoms with van der Waals surface area (Å²) in [6.07, 6.45) is 2.06. The number of anilines is 1. The second kappa shape index (κ2) is 5.59. The zero-order valence-electron chi connectivity index (χ0n) is 11.1. The number of hydrogen-bond donors (Lipinski definition) is 1. The van der Waals surface area contributed by atoms with Gasteiger partial charge < -0.3 is 10.6 Å². The average molecular weight is 301 g/mol. The molecular formula is C14H18Cl2N2O. The molecule has 2 unspecified atom stereocenters. The molecule has 2 rings (SSSR count). The summed E-state index contributed by atoms with van der Waals surface area (Å²) >= 11 is 11.9. The van der Waals surface area contributed by atoms with Crippen LogP contribution in [0.3, 0.4) is 0 Å². The summed E-state index contributed by atoms with van der Waals surface area (Å²) < 4.78 is 0. The van der Waals surface area contributed by atoms with Gasteiger partial charge in [0.2, 0.25) is 0 Å². The lowest BCUT2D eigenvalue weighted by Crippen LogP contribution is -2.44. The molecule has 0 aromatic heterocycles. The van der Waals surface area contributed by atoms with E-state index in [-0.39, 0.29) is 11.9 Å². The first-order chi connectivity index (χ1) is 8.90. The van der Waals surface area contributed by atoms with Crippen LogP contribution in [0.25, 0.3) is 0 Å². The number of nitrogens with two attached hydrogens (primary N) is 1. The molecule has 3 nitrogen and oxygen atoms in total. The fourth-order valence-electron chi connectivity index (χ4n) is 2.61. The van der Waals surface area contributed by atoms with Crippen molar-refractivity contribution in [1.29, 1.82) is 0 Å². The summed E-state index contributed by atoms with van der Waals surface area (Å²) in [6.45, 7) is 5.07. The zero-order valence-corrected chi connectivity index (χ0v) is 12.6. The number of carbonyl (C=O) groups is 1. The van der Waals surface area contributed by atoms with E-state index in [1.807, 2.05) is 4.90 Å². The van der Waals surface area contributed by atoms with Crippen LogP contribution in [0.5, 0.6) is 0 Å². The predicted molar refractivity (Wildman–Crippen MR) is 79.8 cm³/mol. The Morgan fingerprint density at radius 3 is 2.63 bits per heavy atom. The normalized spacial score (nSPS) is 23.5. The highest BCUT2D eigenvalue weighted by Gasteiger charge is 2.27. The minimum absolute atomic E-state index is 0.0235. The van der Waals surface area contributed by atoms with Gasteiger partial charge in [-0.15, -0.1) is 0 Å². The molecule has 19 heavy (non-hydrogen) atoms. The molecule has 1 aliphatic rings. The first kappa shape index (κ1) is 14.5. The molecule has 1 aromatic carbocycles. The van der Waals surface area contributed by atoms with Crippen LogP contribution < -0.4 is 5.73 Å². The number of amides is 1. The lowest BCUT2D eigenvalue weighted by molar-refractivity contribution is 0.0588. The number of hydrogen-bond acceptors (Lipinski definition) is 2. The fraction of sp³-hybridized carbons (Fsp3) is 0.500. The van der Waals surface area contributed by atoms with Crippen LogP contribution >= 0.6 is 23.2 Å². The van der Waals surface area contributed by atoms with Gasteiger partial charge in [0.05, 0.1) is 15.7 Å². The third kappa shape index (κ3) is 2.98. The summed E-state index contributed by atoms with van der Waals surface area (Å²) in [7, 11) is 0. The Bertz CT molecular complexity index is 481. The molecule has 2 N–H and O–H groups in total. The van der Waals surface area contributed by atoms with Gasteiger partial charge in [-0.3, -0.25) is 4.79 Å². The van der Waals surface area contributed by atoms with Gasteiger partial charge in [0.15, 0.2) is 0 Å². The quantitative estimate of drug-likeness (QED) is 0.801. The second-order valence-electron chi connectivity index (χ2n) is 5.34. The molecule has 1 aliphatic heterocycles. The first-order valence-electron chi connectivity index (χ1n) is 6.45. The van der Waals surface area contributed by atoms with Crippen molar-refractivity contribution < 1.29 is 4.79 Å². The van der Waals surface area contributed by atoms with E-state index in [4.69, 9.17) is 28.9 Å². The van der Waals surface area contributed by atoms with Crippen molar-refractivity contribution >= 4 is 34.8 Å². The maximum atomic E-state index is 12.5. The van der Waals surface area contributed by atoms with Gasteiger partial charge in [-0.25, -0.2) is 0 Å². The van der Waals surface area contributed by atoms with E-state index < -0.39 is 0 Å². The minimum Gasteiger partial charge on any atom is -0.397 e. The van der Waals surface area contributed by atoms with Crippen LogP contribution in [0.15, 0.2) is 12.1 Å². The van der Waals surface area contributed by atoms with Crippen LogP contribution in [-0.4, -0.2) is 23.4 Å². The van der Waals surface area contributed by atoms with Crippen LogP contribution in [-0.2, 0) is 0 Å². The van der Waals surface area contributed by atoms with Gasteiger partial charge in [0, 0.05) is 18.2 Å². The molecule has 1 heterocycles. The van der Waals surface area contributed by atoms with E-state index in [2.05, 4.69) is 13.8 Å². The van der Waals surface area contributed by atoms with Crippen LogP contribution in [0.2, 0.25) is 10.0 Å². The lowest BCUT2D eigenvalue weighted by Gasteiger charge is -2.36.